The van der Waals surface area contributed by atoms with Crippen molar-refractivity contribution in [1.29, 1.82) is 0 Å². The summed E-state index contributed by atoms with van der Waals surface area (Å²) in [5.41, 5.74) is 4.93. The lowest BCUT2D eigenvalue weighted by Crippen LogP contribution is -2.25. The second-order valence-corrected chi connectivity index (χ2v) is 14.5. The van der Waals surface area contributed by atoms with E-state index in [-0.39, 0.29) is 11.1 Å². The second kappa shape index (κ2) is 8.89. The average Bonchev–Trinajstić information content (AvgIpc) is 2.97. The van der Waals surface area contributed by atoms with E-state index in [1.807, 2.05) is 78.9 Å². The summed E-state index contributed by atoms with van der Waals surface area (Å²) in [4.78, 5) is 0. The van der Waals surface area contributed by atoms with Gasteiger partial charge in [-0.2, -0.15) is 0 Å². The van der Waals surface area contributed by atoms with Gasteiger partial charge in [0.2, 0.25) is 0 Å². The monoisotopic (exact) mass is 566 g/mol. The number of hydrogen-bond acceptors (Lipinski definition) is 6. The molecule has 0 fully saturated rings. The topological polar surface area (TPSA) is 82.1 Å². The van der Waals surface area contributed by atoms with Gasteiger partial charge in [0.25, 0.3) is 7.37 Å². The molecule has 2 aliphatic rings. The molecular weight excluding hydrogens is 542 g/mol. The number of fused-ring (bicyclic) bond motifs is 6. The average molecular weight is 566 g/mol. The maximum atomic E-state index is 14.8. The van der Waals surface area contributed by atoms with Gasteiger partial charge >= 0.3 is 7.37 Å². The van der Waals surface area contributed by atoms with E-state index in [2.05, 4.69) is 0 Å². The van der Waals surface area contributed by atoms with Crippen molar-refractivity contribution in [3.8, 4) is 56.4 Å². The molecule has 0 bridgehead atoms. The Morgan fingerprint density at radius 2 is 1.27 bits per heavy atom. The summed E-state index contributed by atoms with van der Waals surface area (Å²) in [5.74, 6) is 1.33. The third kappa shape index (κ3) is 3.71. The predicted molar refractivity (Wildman–Crippen MR) is 159 cm³/mol. The molecule has 2 aliphatic heterocycles. The van der Waals surface area contributed by atoms with Crippen LogP contribution in [0.25, 0.3) is 33.4 Å². The zero-order valence-corrected chi connectivity index (χ0v) is 23.5. The quantitative estimate of drug-likeness (QED) is 0.238. The highest BCUT2D eigenvalue weighted by molar-refractivity contribution is 7.75. The van der Waals surface area contributed by atoms with Crippen LogP contribution < -0.4 is 29.7 Å². The minimum Gasteiger partial charge on any atom is -0.507 e. The predicted octanol–water partition coefficient (Wildman–Crippen LogP) is 6.95. The van der Waals surface area contributed by atoms with Gasteiger partial charge in [-0.25, -0.2) is 0 Å². The zero-order valence-electron chi connectivity index (χ0n) is 21.7. The maximum Gasteiger partial charge on any atom is 0.311 e. The maximum absolute atomic E-state index is 14.8. The fourth-order valence-electron chi connectivity index (χ4n) is 5.48. The minimum atomic E-state index is -3.81. The highest BCUT2D eigenvalue weighted by atomic mass is 31.2. The van der Waals surface area contributed by atoms with Crippen molar-refractivity contribution in [3.05, 3.63) is 103 Å². The lowest BCUT2D eigenvalue weighted by Gasteiger charge is -2.30. The molecule has 7 rings (SSSR count). The molecule has 0 aliphatic carbocycles. The molecule has 2 heterocycles. The van der Waals surface area contributed by atoms with Crippen molar-refractivity contribution in [2.75, 3.05) is 13.8 Å². The number of ether oxygens (including phenoxy) is 1. The van der Waals surface area contributed by atoms with Crippen molar-refractivity contribution in [1.82, 2.24) is 0 Å². The van der Waals surface area contributed by atoms with Gasteiger partial charge in [-0.05, 0) is 70.8 Å². The first-order chi connectivity index (χ1) is 19.3. The fourth-order valence-corrected chi connectivity index (χ4v) is 9.48. The van der Waals surface area contributed by atoms with Gasteiger partial charge in [0, 0.05) is 17.8 Å². The molecule has 5 aromatic rings. The van der Waals surface area contributed by atoms with Crippen LogP contribution in [-0.2, 0) is 9.13 Å². The van der Waals surface area contributed by atoms with Gasteiger partial charge in [-0.1, -0.05) is 54.6 Å². The standard InChI is InChI=1S/C32H24O6P2/c1-36-22-13-16-27(33)32(19-22)40(35)31-18-21(12-15-26(31)23-7-3-5-9-28(23)38-40)20-11-14-24-25-8-4-6-10-30(25)39(2,34)37-29(24)17-20/h3-19,33H,1-2H3. The summed E-state index contributed by atoms with van der Waals surface area (Å²) >= 11 is 0. The Bertz CT molecular complexity index is 1950. The van der Waals surface area contributed by atoms with E-state index in [0.29, 0.717) is 27.9 Å². The number of phenolic OH excluding ortho intramolecular Hbond substituents is 1. The minimum absolute atomic E-state index is 0.139. The number of methoxy groups -OCH3 is 1. The van der Waals surface area contributed by atoms with E-state index in [4.69, 9.17) is 13.8 Å². The molecule has 6 nitrogen and oxygen atoms in total. The van der Waals surface area contributed by atoms with Crippen LogP contribution in [0.1, 0.15) is 0 Å². The Hall–Kier alpha value is -4.24. The molecule has 5 aromatic carbocycles. The van der Waals surface area contributed by atoms with Gasteiger partial charge in [-0.15, -0.1) is 0 Å². The smallest absolute Gasteiger partial charge is 0.311 e. The summed E-state index contributed by atoms with van der Waals surface area (Å²) in [6.45, 7) is 1.63. The lowest BCUT2D eigenvalue weighted by atomic mass is 9.97. The van der Waals surface area contributed by atoms with Crippen molar-refractivity contribution in [2.24, 2.45) is 0 Å². The summed E-state index contributed by atoms with van der Waals surface area (Å²) in [7, 11) is -5.35. The summed E-state index contributed by atoms with van der Waals surface area (Å²) in [5, 5.41) is 12.2. The largest absolute Gasteiger partial charge is 0.507 e. The first-order valence-electron chi connectivity index (χ1n) is 12.7. The van der Waals surface area contributed by atoms with Crippen LogP contribution in [0.2, 0.25) is 0 Å². The van der Waals surface area contributed by atoms with Crippen LogP contribution in [0, 0.1) is 0 Å². The highest BCUT2D eigenvalue weighted by Crippen LogP contribution is 2.56. The first-order valence-corrected chi connectivity index (χ1v) is 16.4. The summed E-state index contributed by atoms with van der Waals surface area (Å²) in [6, 6.07) is 31.2. The molecule has 0 saturated heterocycles. The third-order valence-corrected chi connectivity index (χ3v) is 11.7. The number of hydrogen-bond donors (Lipinski definition) is 1. The normalized spacial score (nSPS) is 20.1. The molecule has 40 heavy (non-hydrogen) atoms. The Balaban J connectivity index is 1.42. The van der Waals surface area contributed by atoms with Gasteiger partial charge in [0.15, 0.2) is 0 Å². The number of phenols is 1. The van der Waals surface area contributed by atoms with Gasteiger partial charge < -0.3 is 18.9 Å². The Labute approximate surface area is 231 Å². The number of aromatic hydroxyl groups is 1. The Morgan fingerprint density at radius 1 is 0.625 bits per heavy atom. The van der Waals surface area contributed by atoms with Crippen molar-refractivity contribution in [3.63, 3.8) is 0 Å². The van der Waals surface area contributed by atoms with Crippen LogP contribution in [-0.4, -0.2) is 18.9 Å². The molecule has 1 N–H and O–H groups in total. The van der Waals surface area contributed by atoms with E-state index >= 15 is 0 Å². The molecule has 2 unspecified atom stereocenters. The fraction of sp³-hybridized carbons (Fsp3) is 0.0625. The van der Waals surface area contributed by atoms with E-state index in [0.717, 1.165) is 33.4 Å². The lowest BCUT2D eigenvalue weighted by molar-refractivity contribution is 0.412. The van der Waals surface area contributed by atoms with Crippen LogP contribution in [0.4, 0.5) is 0 Å². The number of benzene rings is 5. The molecule has 0 saturated carbocycles. The molecule has 0 spiro atoms. The molecular formula is C32H24O6P2. The first kappa shape index (κ1) is 24.8. The summed E-state index contributed by atoms with van der Waals surface area (Å²) in [6.07, 6.45) is 0. The highest BCUT2D eigenvalue weighted by Gasteiger charge is 2.40. The van der Waals surface area contributed by atoms with Crippen molar-refractivity contribution in [2.45, 2.75) is 0 Å². The van der Waals surface area contributed by atoms with Crippen LogP contribution in [0.15, 0.2) is 103 Å². The van der Waals surface area contributed by atoms with Crippen LogP contribution in [0.3, 0.4) is 0 Å². The van der Waals surface area contributed by atoms with Crippen LogP contribution in [0.5, 0.6) is 23.0 Å². The molecule has 0 radical (unpaired) electrons. The van der Waals surface area contributed by atoms with E-state index in [1.54, 1.807) is 24.9 Å². The van der Waals surface area contributed by atoms with Gasteiger partial charge in [0.05, 0.1) is 23.0 Å². The SMILES string of the molecule is COc1ccc(O)c(P2(=O)Oc3ccccc3-c3ccc(-c4ccc5c(c4)OP(C)(=O)c4ccccc4-5)cc32)c1. The van der Waals surface area contributed by atoms with E-state index in [1.165, 1.54) is 13.2 Å². The molecule has 8 heteroatoms. The Morgan fingerprint density at radius 3 is 2.08 bits per heavy atom. The molecule has 2 atom stereocenters. The molecule has 0 amide bonds. The van der Waals surface area contributed by atoms with Gasteiger partial charge in [0.1, 0.15) is 23.0 Å². The number of rotatable bonds is 3. The number of para-hydroxylation sites is 1. The second-order valence-electron chi connectivity index (χ2n) is 9.89. The van der Waals surface area contributed by atoms with E-state index < -0.39 is 14.7 Å². The Kier molecular flexibility index (Phi) is 5.51. The molecule has 198 valence electrons. The third-order valence-electron chi connectivity index (χ3n) is 7.44. The van der Waals surface area contributed by atoms with E-state index in [9.17, 15) is 14.2 Å². The molecule has 0 aromatic heterocycles. The zero-order chi connectivity index (χ0) is 27.6. The van der Waals surface area contributed by atoms with Crippen molar-refractivity contribution < 1.29 is 28.0 Å². The van der Waals surface area contributed by atoms with Gasteiger partial charge in [-0.3, -0.25) is 9.13 Å². The summed E-state index contributed by atoms with van der Waals surface area (Å²) < 4.78 is 45.9. The van der Waals surface area contributed by atoms with Crippen molar-refractivity contribution >= 4 is 30.7 Å². The van der Waals surface area contributed by atoms with Crippen LogP contribution >= 0.6 is 14.7 Å².